The van der Waals surface area contributed by atoms with Gasteiger partial charge in [-0.25, -0.2) is 0 Å². The van der Waals surface area contributed by atoms with Crippen LogP contribution in [0.25, 0.3) is 0 Å². The third kappa shape index (κ3) is 4.54. The van der Waals surface area contributed by atoms with Crippen molar-refractivity contribution in [3.05, 3.63) is 28.2 Å². The highest BCUT2D eigenvalue weighted by Gasteiger charge is 2.11. The minimum absolute atomic E-state index is 0.602. The van der Waals surface area contributed by atoms with Crippen LogP contribution in [0, 0.1) is 0 Å². The Morgan fingerprint density at radius 1 is 1.38 bits per heavy atom. The largest absolute Gasteiger partial charge is 0.390 e. The van der Waals surface area contributed by atoms with Gasteiger partial charge in [0.25, 0.3) is 0 Å². The molecule has 0 radical (unpaired) electrons. The lowest BCUT2D eigenvalue weighted by molar-refractivity contribution is 0.0749. The van der Waals surface area contributed by atoms with Crippen LogP contribution in [0.1, 0.15) is 32.8 Å². The van der Waals surface area contributed by atoms with E-state index in [1.54, 1.807) is 0 Å². The second-order valence-electron chi connectivity index (χ2n) is 4.64. The molecule has 1 aromatic carbocycles. The zero-order chi connectivity index (χ0) is 12.2. The predicted octanol–water partition coefficient (Wildman–Crippen LogP) is 3.58. The Hall–Kier alpha value is -0.540. The summed E-state index contributed by atoms with van der Waals surface area (Å²) in [5.41, 5.74) is 1.86. The molecule has 0 atom stereocenters. The minimum Gasteiger partial charge on any atom is -0.390 e. The topological polar surface area (TPSA) is 32.3 Å². The normalized spacial score (nSPS) is 11.6. The molecule has 2 N–H and O–H groups in total. The molecule has 1 rings (SSSR count). The van der Waals surface area contributed by atoms with E-state index >= 15 is 0 Å². The van der Waals surface area contributed by atoms with E-state index in [0.29, 0.717) is 0 Å². The summed E-state index contributed by atoms with van der Waals surface area (Å²) in [5.74, 6) is 0. The maximum absolute atomic E-state index is 9.62. The van der Waals surface area contributed by atoms with Gasteiger partial charge in [-0.05, 0) is 50.5 Å². The second kappa shape index (κ2) is 5.69. The number of benzene rings is 1. The van der Waals surface area contributed by atoms with Crippen LogP contribution in [0.4, 0.5) is 5.69 Å². The Morgan fingerprint density at radius 3 is 2.62 bits per heavy atom. The van der Waals surface area contributed by atoms with Gasteiger partial charge in [0, 0.05) is 16.7 Å². The van der Waals surface area contributed by atoms with Gasteiger partial charge in [-0.15, -0.1) is 0 Å². The summed E-state index contributed by atoms with van der Waals surface area (Å²) in [6.45, 7) is 6.59. The van der Waals surface area contributed by atoms with Crippen LogP contribution in [0.3, 0.4) is 0 Å². The quantitative estimate of drug-likeness (QED) is 0.867. The highest BCUT2D eigenvalue weighted by atomic mass is 79.9. The molecule has 0 unspecified atom stereocenters. The summed E-state index contributed by atoms with van der Waals surface area (Å²) in [7, 11) is 0. The average Bonchev–Trinajstić information content (AvgIpc) is 2.18. The lowest BCUT2D eigenvalue weighted by Gasteiger charge is -2.18. The van der Waals surface area contributed by atoms with Gasteiger partial charge >= 0.3 is 0 Å². The molecular weight excluding hydrogens is 266 g/mol. The number of nitrogens with one attached hydrogen (secondary N) is 1. The van der Waals surface area contributed by atoms with Gasteiger partial charge in [0.2, 0.25) is 0 Å². The molecule has 16 heavy (non-hydrogen) atoms. The Morgan fingerprint density at radius 2 is 2.06 bits per heavy atom. The number of aliphatic hydroxyl groups is 1. The standard InChI is InChI=1S/C13H20BrNO/c1-4-10-9-11(14)5-6-12(10)15-8-7-13(2,3)16/h5-6,9,15-16H,4,7-8H2,1-3H3. The van der Waals surface area contributed by atoms with E-state index in [9.17, 15) is 5.11 Å². The zero-order valence-corrected chi connectivity index (χ0v) is 11.8. The van der Waals surface area contributed by atoms with Crippen LogP contribution in [-0.2, 0) is 6.42 Å². The third-order valence-electron chi connectivity index (χ3n) is 2.50. The van der Waals surface area contributed by atoms with E-state index in [-0.39, 0.29) is 0 Å². The molecule has 0 bridgehead atoms. The summed E-state index contributed by atoms with van der Waals surface area (Å²) in [6, 6.07) is 6.24. The van der Waals surface area contributed by atoms with Crippen LogP contribution in [-0.4, -0.2) is 17.3 Å². The van der Waals surface area contributed by atoms with E-state index < -0.39 is 5.60 Å². The van der Waals surface area contributed by atoms with Crippen molar-refractivity contribution in [2.24, 2.45) is 0 Å². The third-order valence-corrected chi connectivity index (χ3v) is 2.99. The maximum Gasteiger partial charge on any atom is 0.0608 e. The zero-order valence-electron chi connectivity index (χ0n) is 10.2. The molecule has 0 amide bonds. The fraction of sp³-hybridized carbons (Fsp3) is 0.538. The minimum atomic E-state index is -0.602. The molecule has 0 spiro atoms. The van der Waals surface area contributed by atoms with Crippen LogP contribution < -0.4 is 5.32 Å². The van der Waals surface area contributed by atoms with Crippen LogP contribution in [0.5, 0.6) is 0 Å². The summed E-state index contributed by atoms with van der Waals surface area (Å²) >= 11 is 3.47. The SMILES string of the molecule is CCc1cc(Br)ccc1NCCC(C)(C)O. The molecule has 0 aromatic heterocycles. The number of hydrogen-bond donors (Lipinski definition) is 2. The van der Waals surface area contributed by atoms with Gasteiger partial charge in [0.05, 0.1) is 5.60 Å². The molecule has 90 valence electrons. The molecule has 0 aliphatic rings. The molecule has 0 aliphatic carbocycles. The van der Waals surface area contributed by atoms with Crippen molar-refractivity contribution in [3.63, 3.8) is 0 Å². The first-order valence-electron chi connectivity index (χ1n) is 5.67. The Labute approximate surface area is 106 Å². The van der Waals surface area contributed by atoms with Gasteiger partial charge in [-0.1, -0.05) is 22.9 Å². The predicted molar refractivity (Wildman–Crippen MR) is 72.9 cm³/mol. The summed E-state index contributed by atoms with van der Waals surface area (Å²) in [6.07, 6.45) is 1.75. The lowest BCUT2D eigenvalue weighted by atomic mass is 10.1. The number of hydrogen-bond acceptors (Lipinski definition) is 2. The maximum atomic E-state index is 9.62. The van der Waals surface area contributed by atoms with Crippen molar-refractivity contribution >= 4 is 21.6 Å². The van der Waals surface area contributed by atoms with E-state index in [4.69, 9.17) is 0 Å². The first-order chi connectivity index (χ1) is 7.42. The van der Waals surface area contributed by atoms with E-state index in [0.717, 1.165) is 29.5 Å². The molecule has 0 saturated carbocycles. The van der Waals surface area contributed by atoms with Gasteiger partial charge in [0.15, 0.2) is 0 Å². The summed E-state index contributed by atoms with van der Waals surface area (Å²) < 4.78 is 1.11. The fourth-order valence-electron chi connectivity index (χ4n) is 1.53. The van der Waals surface area contributed by atoms with Crippen molar-refractivity contribution in [2.45, 2.75) is 39.2 Å². The Bertz CT molecular complexity index is 344. The van der Waals surface area contributed by atoms with Crippen molar-refractivity contribution in [3.8, 4) is 0 Å². The molecule has 0 heterocycles. The van der Waals surface area contributed by atoms with Crippen molar-refractivity contribution in [1.82, 2.24) is 0 Å². The smallest absolute Gasteiger partial charge is 0.0608 e. The van der Waals surface area contributed by atoms with Crippen LogP contribution in [0.2, 0.25) is 0 Å². The Balaban J connectivity index is 2.60. The van der Waals surface area contributed by atoms with Gasteiger partial charge in [0.1, 0.15) is 0 Å². The fourth-order valence-corrected chi connectivity index (χ4v) is 1.94. The highest BCUT2D eigenvalue weighted by molar-refractivity contribution is 9.10. The van der Waals surface area contributed by atoms with Gasteiger partial charge < -0.3 is 10.4 Å². The number of halogens is 1. The molecule has 2 nitrogen and oxygen atoms in total. The van der Waals surface area contributed by atoms with E-state index in [1.807, 2.05) is 19.9 Å². The Kier molecular flexibility index (Phi) is 4.81. The summed E-state index contributed by atoms with van der Waals surface area (Å²) in [4.78, 5) is 0. The van der Waals surface area contributed by atoms with Crippen molar-refractivity contribution < 1.29 is 5.11 Å². The van der Waals surface area contributed by atoms with Crippen molar-refractivity contribution in [1.29, 1.82) is 0 Å². The number of rotatable bonds is 5. The first kappa shape index (κ1) is 13.5. The van der Waals surface area contributed by atoms with Crippen LogP contribution in [0.15, 0.2) is 22.7 Å². The van der Waals surface area contributed by atoms with E-state index in [2.05, 4.69) is 40.3 Å². The summed E-state index contributed by atoms with van der Waals surface area (Å²) in [5, 5.41) is 13.0. The molecular formula is C13H20BrNO. The second-order valence-corrected chi connectivity index (χ2v) is 5.56. The van der Waals surface area contributed by atoms with Crippen molar-refractivity contribution in [2.75, 3.05) is 11.9 Å². The van der Waals surface area contributed by atoms with Crippen LogP contribution >= 0.6 is 15.9 Å². The molecule has 0 aliphatic heterocycles. The monoisotopic (exact) mass is 285 g/mol. The molecule has 0 saturated heterocycles. The van der Waals surface area contributed by atoms with E-state index in [1.165, 1.54) is 5.56 Å². The van der Waals surface area contributed by atoms with Gasteiger partial charge in [-0.3, -0.25) is 0 Å². The number of aryl methyl sites for hydroxylation is 1. The first-order valence-corrected chi connectivity index (χ1v) is 6.46. The highest BCUT2D eigenvalue weighted by Crippen LogP contribution is 2.22. The molecule has 3 heteroatoms. The molecule has 1 aromatic rings. The lowest BCUT2D eigenvalue weighted by Crippen LogP contribution is -2.22. The molecule has 0 fully saturated rings. The average molecular weight is 286 g/mol. The number of anilines is 1. The van der Waals surface area contributed by atoms with Gasteiger partial charge in [-0.2, -0.15) is 0 Å².